The third-order valence-corrected chi connectivity index (χ3v) is 3.79. The number of rotatable bonds is 4. The molecule has 2 heteroatoms. The van der Waals surface area contributed by atoms with Crippen molar-refractivity contribution in [1.29, 1.82) is 0 Å². The molecule has 0 bridgehead atoms. The molecular formula is C16H24N2. The van der Waals surface area contributed by atoms with E-state index in [1.807, 2.05) is 0 Å². The van der Waals surface area contributed by atoms with Crippen molar-refractivity contribution in [3.05, 3.63) is 35.7 Å². The molecule has 2 heterocycles. The fourth-order valence-corrected chi connectivity index (χ4v) is 2.71. The minimum Gasteiger partial charge on any atom is -0.313 e. The summed E-state index contributed by atoms with van der Waals surface area (Å²) in [5.41, 5.74) is 3.83. The maximum Gasteiger partial charge on any atom is 0.0662 e. The van der Waals surface area contributed by atoms with Crippen molar-refractivity contribution in [2.75, 3.05) is 13.1 Å². The van der Waals surface area contributed by atoms with Crippen LogP contribution in [0, 0.1) is 5.92 Å². The number of nitrogens with one attached hydrogen (secondary N) is 1. The summed E-state index contributed by atoms with van der Waals surface area (Å²) in [6.45, 7) is 8.86. The van der Waals surface area contributed by atoms with Crippen LogP contribution in [0.15, 0.2) is 24.3 Å². The Morgan fingerprint density at radius 1 is 1.33 bits per heavy atom. The van der Waals surface area contributed by atoms with E-state index < -0.39 is 0 Å². The highest BCUT2D eigenvalue weighted by molar-refractivity contribution is 5.63. The van der Waals surface area contributed by atoms with E-state index in [-0.39, 0.29) is 0 Å². The first kappa shape index (κ1) is 13.3. The average Bonchev–Trinajstić information content (AvgIpc) is 2.40. The van der Waals surface area contributed by atoms with Gasteiger partial charge in [0.05, 0.1) is 5.69 Å². The predicted octanol–water partition coefficient (Wildman–Crippen LogP) is 3.61. The van der Waals surface area contributed by atoms with Crippen molar-refractivity contribution in [2.45, 2.75) is 39.5 Å². The Hall–Kier alpha value is -1.15. The van der Waals surface area contributed by atoms with Crippen LogP contribution in [0.4, 0.5) is 0 Å². The smallest absolute Gasteiger partial charge is 0.0662 e. The Morgan fingerprint density at radius 3 is 2.78 bits per heavy atom. The van der Waals surface area contributed by atoms with Gasteiger partial charge in [0, 0.05) is 18.2 Å². The van der Waals surface area contributed by atoms with Crippen LogP contribution in [-0.4, -0.2) is 18.1 Å². The minimum atomic E-state index is 0.576. The van der Waals surface area contributed by atoms with Gasteiger partial charge in [-0.2, -0.15) is 0 Å². The Morgan fingerprint density at radius 2 is 2.17 bits per heavy atom. The second-order valence-electron chi connectivity index (χ2n) is 5.39. The zero-order chi connectivity index (χ0) is 13.0. The molecule has 2 rings (SSSR count). The number of nitrogens with zero attached hydrogens (tertiary/aromatic N) is 1. The molecular weight excluding hydrogens is 220 g/mol. The molecule has 0 aliphatic carbocycles. The SMILES string of the molecule is CC[C@H](c1cccc(C2=CCNCC2)n1)C(C)C. The normalized spacial score (nSPS) is 17.7. The molecule has 0 fully saturated rings. The molecule has 0 saturated heterocycles. The van der Waals surface area contributed by atoms with Gasteiger partial charge >= 0.3 is 0 Å². The molecule has 1 N–H and O–H groups in total. The van der Waals surface area contributed by atoms with E-state index >= 15 is 0 Å². The summed E-state index contributed by atoms with van der Waals surface area (Å²) in [7, 11) is 0. The van der Waals surface area contributed by atoms with Crippen molar-refractivity contribution in [2.24, 2.45) is 5.92 Å². The fraction of sp³-hybridized carbons (Fsp3) is 0.562. The van der Waals surface area contributed by atoms with Gasteiger partial charge in [-0.15, -0.1) is 0 Å². The van der Waals surface area contributed by atoms with Gasteiger partial charge in [0.25, 0.3) is 0 Å². The van der Waals surface area contributed by atoms with Gasteiger partial charge in [-0.05, 0) is 43.0 Å². The highest BCUT2D eigenvalue weighted by atomic mass is 14.9. The molecule has 0 radical (unpaired) electrons. The summed E-state index contributed by atoms with van der Waals surface area (Å²) in [6, 6.07) is 6.48. The molecule has 1 atom stereocenters. The van der Waals surface area contributed by atoms with Crippen LogP contribution in [0.1, 0.15) is 50.9 Å². The molecule has 0 amide bonds. The monoisotopic (exact) mass is 244 g/mol. The molecule has 1 aliphatic heterocycles. The number of hydrogen-bond donors (Lipinski definition) is 1. The predicted molar refractivity (Wildman–Crippen MR) is 77.6 cm³/mol. The third-order valence-electron chi connectivity index (χ3n) is 3.79. The summed E-state index contributed by atoms with van der Waals surface area (Å²) in [5, 5.41) is 3.35. The largest absolute Gasteiger partial charge is 0.313 e. The lowest BCUT2D eigenvalue weighted by Crippen LogP contribution is -2.20. The van der Waals surface area contributed by atoms with Crippen LogP contribution < -0.4 is 5.32 Å². The van der Waals surface area contributed by atoms with Crippen LogP contribution in [0.3, 0.4) is 0 Å². The molecule has 18 heavy (non-hydrogen) atoms. The highest BCUT2D eigenvalue weighted by Crippen LogP contribution is 2.27. The van der Waals surface area contributed by atoms with Crippen LogP contribution in [0.5, 0.6) is 0 Å². The molecule has 0 saturated carbocycles. The summed E-state index contributed by atoms with van der Waals surface area (Å²) < 4.78 is 0. The summed E-state index contributed by atoms with van der Waals surface area (Å²) in [5.74, 6) is 1.23. The molecule has 0 spiro atoms. The quantitative estimate of drug-likeness (QED) is 0.875. The summed E-state index contributed by atoms with van der Waals surface area (Å²) >= 11 is 0. The molecule has 2 nitrogen and oxygen atoms in total. The molecule has 0 aromatic carbocycles. The van der Waals surface area contributed by atoms with Gasteiger partial charge in [0.15, 0.2) is 0 Å². The van der Waals surface area contributed by atoms with E-state index in [9.17, 15) is 0 Å². The second kappa shape index (κ2) is 6.14. The molecule has 0 unspecified atom stereocenters. The van der Waals surface area contributed by atoms with Gasteiger partial charge in [-0.1, -0.05) is 32.9 Å². The van der Waals surface area contributed by atoms with Crippen LogP contribution in [-0.2, 0) is 0 Å². The topological polar surface area (TPSA) is 24.9 Å². The van der Waals surface area contributed by atoms with E-state index in [1.165, 1.54) is 17.0 Å². The molecule has 98 valence electrons. The number of pyridine rings is 1. The Labute approximate surface area is 111 Å². The lowest BCUT2D eigenvalue weighted by atomic mass is 9.89. The van der Waals surface area contributed by atoms with E-state index in [0.717, 1.165) is 25.9 Å². The van der Waals surface area contributed by atoms with Crippen molar-refractivity contribution in [3.8, 4) is 0 Å². The third kappa shape index (κ3) is 2.99. The lowest BCUT2D eigenvalue weighted by Gasteiger charge is -2.20. The van der Waals surface area contributed by atoms with Gasteiger partial charge in [0.1, 0.15) is 0 Å². The lowest BCUT2D eigenvalue weighted by molar-refractivity contribution is 0.474. The molecule has 1 aromatic rings. The Bertz CT molecular complexity index is 421. The zero-order valence-corrected chi connectivity index (χ0v) is 11.7. The molecule has 1 aromatic heterocycles. The van der Waals surface area contributed by atoms with Gasteiger partial charge in [-0.3, -0.25) is 4.98 Å². The number of hydrogen-bond acceptors (Lipinski definition) is 2. The maximum absolute atomic E-state index is 4.89. The van der Waals surface area contributed by atoms with Crippen molar-refractivity contribution < 1.29 is 0 Å². The van der Waals surface area contributed by atoms with E-state index in [1.54, 1.807) is 0 Å². The van der Waals surface area contributed by atoms with Gasteiger partial charge in [0.2, 0.25) is 0 Å². The maximum atomic E-state index is 4.89. The summed E-state index contributed by atoms with van der Waals surface area (Å²) in [4.78, 5) is 4.89. The fourth-order valence-electron chi connectivity index (χ4n) is 2.71. The van der Waals surface area contributed by atoms with E-state index in [2.05, 4.69) is 50.4 Å². The first-order chi connectivity index (χ1) is 8.72. The Balaban J connectivity index is 2.26. The van der Waals surface area contributed by atoms with Crippen LogP contribution >= 0.6 is 0 Å². The highest BCUT2D eigenvalue weighted by Gasteiger charge is 2.16. The van der Waals surface area contributed by atoms with E-state index in [0.29, 0.717) is 11.8 Å². The zero-order valence-electron chi connectivity index (χ0n) is 11.7. The van der Waals surface area contributed by atoms with Gasteiger partial charge < -0.3 is 5.32 Å². The molecule has 1 aliphatic rings. The number of aromatic nitrogens is 1. The summed E-state index contributed by atoms with van der Waals surface area (Å²) in [6.07, 6.45) is 4.52. The van der Waals surface area contributed by atoms with E-state index in [4.69, 9.17) is 4.98 Å². The first-order valence-electron chi connectivity index (χ1n) is 7.09. The van der Waals surface area contributed by atoms with Crippen molar-refractivity contribution in [3.63, 3.8) is 0 Å². The second-order valence-corrected chi connectivity index (χ2v) is 5.39. The Kier molecular flexibility index (Phi) is 4.54. The van der Waals surface area contributed by atoms with Gasteiger partial charge in [-0.25, -0.2) is 0 Å². The average molecular weight is 244 g/mol. The first-order valence-corrected chi connectivity index (χ1v) is 7.09. The minimum absolute atomic E-state index is 0.576. The standard InChI is InChI=1S/C16H24N2/c1-4-14(12(2)3)16-7-5-6-15(18-16)13-8-10-17-11-9-13/h5-8,12,14,17H,4,9-11H2,1-3H3/t14-/m0/s1. The van der Waals surface area contributed by atoms with Crippen LogP contribution in [0.2, 0.25) is 0 Å². The van der Waals surface area contributed by atoms with Crippen molar-refractivity contribution in [1.82, 2.24) is 10.3 Å². The van der Waals surface area contributed by atoms with Crippen molar-refractivity contribution >= 4 is 5.57 Å². The van der Waals surface area contributed by atoms with Crippen LogP contribution in [0.25, 0.3) is 5.57 Å².